The van der Waals surface area contributed by atoms with Crippen LogP contribution in [-0.4, -0.2) is 17.1 Å². The van der Waals surface area contributed by atoms with Gasteiger partial charge in [-0.2, -0.15) is 0 Å². The van der Waals surface area contributed by atoms with Crippen molar-refractivity contribution in [1.29, 1.82) is 0 Å². The summed E-state index contributed by atoms with van der Waals surface area (Å²) in [6.07, 6.45) is 1.79. The smallest absolute Gasteiger partial charge is 0.137 e. The average molecular weight is 303 g/mol. The monoisotopic (exact) mass is 302 g/mol. The molecule has 0 saturated heterocycles. The number of halogens is 1. The maximum atomic E-state index is 5.15. The van der Waals surface area contributed by atoms with E-state index in [2.05, 4.69) is 32.0 Å². The second kappa shape index (κ2) is 4.46. The number of nitrogens with zero attached hydrogens (tertiary/aromatic N) is 1. The number of ether oxygens (including phenoxy) is 1. The molecule has 0 aliphatic heterocycles. The average Bonchev–Trinajstić information content (AvgIpc) is 2.81. The first-order valence-corrected chi connectivity index (χ1v) is 6.34. The van der Waals surface area contributed by atoms with E-state index in [0.717, 1.165) is 32.5 Å². The topological polar surface area (TPSA) is 37.9 Å². The van der Waals surface area contributed by atoms with Crippen molar-refractivity contribution < 1.29 is 4.74 Å². The van der Waals surface area contributed by atoms with E-state index in [-0.39, 0.29) is 0 Å². The van der Waals surface area contributed by atoms with Gasteiger partial charge in [-0.3, -0.25) is 0 Å². The van der Waals surface area contributed by atoms with E-state index in [4.69, 9.17) is 4.74 Å². The van der Waals surface area contributed by atoms with Crippen LogP contribution in [-0.2, 0) is 0 Å². The van der Waals surface area contributed by atoms with Gasteiger partial charge < -0.3 is 9.72 Å². The van der Waals surface area contributed by atoms with Crippen molar-refractivity contribution in [3.05, 3.63) is 47.1 Å². The number of aromatic amines is 1. The molecule has 0 bridgehead atoms. The standard InChI is InChI=1S/C14H11BrN2O/c1-18-12-4-2-9(3-5-12)13-7-10-6-11(15)8-16-14(10)17-13/h2-8H,1H3,(H,16,17). The van der Waals surface area contributed by atoms with E-state index in [9.17, 15) is 0 Å². The maximum Gasteiger partial charge on any atom is 0.137 e. The number of hydrogen-bond donors (Lipinski definition) is 1. The van der Waals surface area contributed by atoms with Crippen LogP contribution in [0.15, 0.2) is 47.1 Å². The molecule has 0 spiro atoms. The summed E-state index contributed by atoms with van der Waals surface area (Å²) in [5.74, 6) is 0.857. The summed E-state index contributed by atoms with van der Waals surface area (Å²) >= 11 is 3.42. The Balaban J connectivity index is 2.07. The number of nitrogens with one attached hydrogen (secondary N) is 1. The van der Waals surface area contributed by atoms with Crippen LogP contribution < -0.4 is 4.74 Å². The highest BCUT2D eigenvalue weighted by atomic mass is 79.9. The molecule has 3 aromatic rings. The Labute approximate surface area is 113 Å². The minimum Gasteiger partial charge on any atom is -0.497 e. The number of benzene rings is 1. The first-order valence-electron chi connectivity index (χ1n) is 5.55. The number of methoxy groups -OCH3 is 1. The van der Waals surface area contributed by atoms with Gasteiger partial charge in [-0.25, -0.2) is 4.98 Å². The molecule has 2 heterocycles. The molecular weight excluding hydrogens is 292 g/mol. The fourth-order valence-electron chi connectivity index (χ4n) is 1.91. The number of pyridine rings is 1. The first kappa shape index (κ1) is 11.3. The highest BCUT2D eigenvalue weighted by Crippen LogP contribution is 2.26. The number of aromatic nitrogens is 2. The summed E-state index contributed by atoms with van der Waals surface area (Å²) in [5.41, 5.74) is 3.06. The molecule has 1 aromatic carbocycles. The van der Waals surface area contributed by atoms with Gasteiger partial charge in [-0.1, -0.05) is 0 Å². The molecule has 0 amide bonds. The Morgan fingerprint density at radius 1 is 1.17 bits per heavy atom. The second-order valence-electron chi connectivity index (χ2n) is 4.00. The highest BCUT2D eigenvalue weighted by Gasteiger charge is 2.04. The molecule has 0 unspecified atom stereocenters. The van der Waals surface area contributed by atoms with Crippen LogP contribution in [0.3, 0.4) is 0 Å². The third kappa shape index (κ3) is 1.99. The van der Waals surface area contributed by atoms with Gasteiger partial charge in [0.2, 0.25) is 0 Å². The highest BCUT2D eigenvalue weighted by molar-refractivity contribution is 9.10. The summed E-state index contributed by atoms with van der Waals surface area (Å²) in [6, 6.07) is 12.1. The number of H-pyrrole nitrogens is 1. The van der Waals surface area contributed by atoms with Crippen LogP contribution in [0.1, 0.15) is 0 Å². The molecule has 1 N–H and O–H groups in total. The van der Waals surface area contributed by atoms with Gasteiger partial charge in [-0.15, -0.1) is 0 Å². The third-order valence-electron chi connectivity index (χ3n) is 2.84. The van der Waals surface area contributed by atoms with E-state index in [1.165, 1.54) is 0 Å². The van der Waals surface area contributed by atoms with Gasteiger partial charge >= 0.3 is 0 Å². The molecule has 0 atom stereocenters. The lowest BCUT2D eigenvalue weighted by Gasteiger charge is -2.00. The SMILES string of the molecule is COc1ccc(-c2cc3cc(Br)cnc3[nH]2)cc1. The minimum atomic E-state index is 0.857. The molecule has 4 heteroatoms. The van der Waals surface area contributed by atoms with Crippen molar-refractivity contribution >= 4 is 27.0 Å². The Bertz CT molecular complexity index is 689. The molecule has 0 saturated carbocycles. The summed E-state index contributed by atoms with van der Waals surface area (Å²) in [4.78, 5) is 7.64. The fraction of sp³-hybridized carbons (Fsp3) is 0.0714. The van der Waals surface area contributed by atoms with Gasteiger partial charge in [0.1, 0.15) is 11.4 Å². The van der Waals surface area contributed by atoms with Crippen LogP contribution in [0.5, 0.6) is 5.75 Å². The number of fused-ring (bicyclic) bond motifs is 1. The van der Waals surface area contributed by atoms with Crippen molar-refractivity contribution in [3.8, 4) is 17.0 Å². The van der Waals surface area contributed by atoms with Gasteiger partial charge in [0.05, 0.1) is 7.11 Å². The number of hydrogen-bond acceptors (Lipinski definition) is 2. The van der Waals surface area contributed by atoms with Gasteiger partial charge in [0.25, 0.3) is 0 Å². The fourth-order valence-corrected chi connectivity index (χ4v) is 2.26. The molecule has 18 heavy (non-hydrogen) atoms. The molecule has 0 radical (unpaired) electrons. The van der Waals surface area contributed by atoms with Crippen LogP contribution >= 0.6 is 15.9 Å². The molecule has 90 valence electrons. The van der Waals surface area contributed by atoms with Crippen LogP contribution in [0.4, 0.5) is 0 Å². The summed E-state index contributed by atoms with van der Waals surface area (Å²) in [7, 11) is 1.67. The largest absolute Gasteiger partial charge is 0.497 e. The Kier molecular flexibility index (Phi) is 2.80. The lowest BCUT2D eigenvalue weighted by molar-refractivity contribution is 0.415. The summed E-state index contributed by atoms with van der Waals surface area (Å²) in [5, 5.41) is 1.09. The van der Waals surface area contributed by atoms with Gasteiger partial charge in [0, 0.05) is 21.7 Å². The van der Waals surface area contributed by atoms with Crippen molar-refractivity contribution in [2.24, 2.45) is 0 Å². The van der Waals surface area contributed by atoms with Crippen LogP contribution in [0.25, 0.3) is 22.3 Å². The number of rotatable bonds is 2. The van der Waals surface area contributed by atoms with E-state index in [0.29, 0.717) is 0 Å². The molecule has 0 aliphatic rings. The van der Waals surface area contributed by atoms with Crippen LogP contribution in [0.2, 0.25) is 0 Å². The minimum absolute atomic E-state index is 0.857. The van der Waals surface area contributed by atoms with E-state index < -0.39 is 0 Å². The van der Waals surface area contributed by atoms with Gasteiger partial charge in [-0.05, 0) is 57.9 Å². The Hall–Kier alpha value is -1.81. The van der Waals surface area contributed by atoms with E-state index in [1.54, 1.807) is 13.3 Å². The first-order chi connectivity index (χ1) is 8.76. The predicted molar refractivity (Wildman–Crippen MR) is 75.8 cm³/mol. The van der Waals surface area contributed by atoms with Crippen LogP contribution in [0, 0.1) is 0 Å². The van der Waals surface area contributed by atoms with Crippen molar-refractivity contribution in [2.45, 2.75) is 0 Å². The van der Waals surface area contributed by atoms with Crippen molar-refractivity contribution in [3.63, 3.8) is 0 Å². The molecule has 0 fully saturated rings. The third-order valence-corrected chi connectivity index (χ3v) is 3.27. The summed E-state index contributed by atoms with van der Waals surface area (Å²) in [6.45, 7) is 0. The second-order valence-corrected chi connectivity index (χ2v) is 4.92. The zero-order valence-electron chi connectivity index (χ0n) is 9.77. The lowest BCUT2D eigenvalue weighted by atomic mass is 10.1. The molecule has 2 aromatic heterocycles. The zero-order valence-corrected chi connectivity index (χ0v) is 11.4. The predicted octanol–water partition coefficient (Wildman–Crippen LogP) is 4.00. The van der Waals surface area contributed by atoms with Crippen molar-refractivity contribution in [1.82, 2.24) is 9.97 Å². The molecular formula is C14H11BrN2O. The molecule has 3 nitrogen and oxygen atoms in total. The quantitative estimate of drug-likeness (QED) is 0.777. The van der Waals surface area contributed by atoms with Crippen molar-refractivity contribution in [2.75, 3.05) is 7.11 Å². The summed E-state index contributed by atoms with van der Waals surface area (Å²) < 4.78 is 6.13. The molecule has 3 rings (SSSR count). The maximum absolute atomic E-state index is 5.15. The molecule has 0 aliphatic carbocycles. The van der Waals surface area contributed by atoms with E-state index >= 15 is 0 Å². The van der Waals surface area contributed by atoms with Gasteiger partial charge in [0.15, 0.2) is 0 Å². The Morgan fingerprint density at radius 3 is 2.67 bits per heavy atom. The lowest BCUT2D eigenvalue weighted by Crippen LogP contribution is -1.82. The normalized spacial score (nSPS) is 10.8. The Morgan fingerprint density at radius 2 is 1.94 bits per heavy atom. The zero-order chi connectivity index (χ0) is 12.5. The van der Waals surface area contributed by atoms with E-state index in [1.807, 2.05) is 30.3 Å².